The summed E-state index contributed by atoms with van der Waals surface area (Å²) in [5.41, 5.74) is 1.39. The molecule has 1 heterocycles. The minimum Gasteiger partial charge on any atom is -0.396 e. The fourth-order valence-electron chi connectivity index (χ4n) is 2.47. The highest BCUT2D eigenvalue weighted by Crippen LogP contribution is 2.31. The molecule has 0 saturated carbocycles. The second-order valence-electron chi connectivity index (χ2n) is 6.02. The Hall–Kier alpha value is -2.67. The SMILES string of the molecule is C=C(Cl)C(=CC)c1ccc(C=C(NC(=O)c2ccccc2)C(=O)NCCCO)s1. The Morgan fingerprint density at radius 1 is 1.21 bits per heavy atom. The Morgan fingerprint density at radius 2 is 1.93 bits per heavy atom. The van der Waals surface area contributed by atoms with E-state index in [9.17, 15) is 9.59 Å². The number of carbonyl (C=O) groups excluding carboxylic acids is 2. The molecule has 0 radical (unpaired) electrons. The minimum absolute atomic E-state index is 0.0293. The van der Waals surface area contributed by atoms with Crippen LogP contribution in [-0.2, 0) is 4.79 Å². The molecule has 29 heavy (non-hydrogen) atoms. The van der Waals surface area contributed by atoms with Crippen LogP contribution in [0.2, 0.25) is 0 Å². The summed E-state index contributed by atoms with van der Waals surface area (Å²) < 4.78 is 0. The van der Waals surface area contributed by atoms with E-state index in [0.29, 0.717) is 23.6 Å². The van der Waals surface area contributed by atoms with Crippen molar-refractivity contribution >= 4 is 46.4 Å². The Kier molecular flexibility index (Phi) is 8.86. The van der Waals surface area contributed by atoms with Crippen molar-refractivity contribution < 1.29 is 14.7 Å². The fraction of sp³-hybridized carbons (Fsp3) is 0.182. The lowest BCUT2D eigenvalue weighted by Crippen LogP contribution is -2.35. The number of thiophene rings is 1. The molecule has 0 aliphatic rings. The molecule has 1 aromatic carbocycles. The highest BCUT2D eigenvalue weighted by Gasteiger charge is 2.15. The molecule has 5 nitrogen and oxygen atoms in total. The van der Waals surface area contributed by atoms with Crippen LogP contribution < -0.4 is 10.6 Å². The maximum absolute atomic E-state index is 12.6. The third-order valence-electron chi connectivity index (χ3n) is 3.91. The summed E-state index contributed by atoms with van der Waals surface area (Å²) in [4.78, 5) is 26.8. The maximum atomic E-state index is 12.6. The number of aliphatic hydroxyl groups is 1. The lowest BCUT2D eigenvalue weighted by molar-refractivity contribution is -0.117. The van der Waals surface area contributed by atoms with Crippen LogP contribution in [-0.4, -0.2) is 30.1 Å². The van der Waals surface area contributed by atoms with Crippen molar-refractivity contribution in [3.8, 4) is 0 Å². The zero-order valence-electron chi connectivity index (χ0n) is 16.1. The van der Waals surface area contributed by atoms with Crippen LogP contribution in [0.5, 0.6) is 0 Å². The summed E-state index contributed by atoms with van der Waals surface area (Å²) in [5, 5.41) is 14.7. The van der Waals surface area contributed by atoms with Gasteiger partial charge in [0.1, 0.15) is 5.70 Å². The van der Waals surface area contributed by atoms with Gasteiger partial charge in [-0.25, -0.2) is 0 Å². The number of aliphatic hydroxyl groups excluding tert-OH is 1. The third-order valence-corrected chi connectivity index (χ3v) is 5.18. The lowest BCUT2D eigenvalue weighted by atomic mass is 10.2. The molecule has 0 bridgehead atoms. The first kappa shape index (κ1) is 22.6. The first-order valence-electron chi connectivity index (χ1n) is 9.04. The number of amides is 2. The summed E-state index contributed by atoms with van der Waals surface area (Å²) in [6.45, 7) is 5.91. The molecule has 7 heteroatoms. The van der Waals surface area contributed by atoms with Gasteiger partial charge in [0.25, 0.3) is 11.8 Å². The average Bonchev–Trinajstić information content (AvgIpc) is 3.16. The van der Waals surface area contributed by atoms with Gasteiger partial charge in [0.15, 0.2) is 0 Å². The quantitative estimate of drug-likeness (QED) is 0.317. The second kappa shape index (κ2) is 11.4. The lowest BCUT2D eigenvalue weighted by Gasteiger charge is -2.10. The van der Waals surface area contributed by atoms with Crippen molar-refractivity contribution in [2.24, 2.45) is 0 Å². The van der Waals surface area contributed by atoms with E-state index in [2.05, 4.69) is 17.2 Å². The van der Waals surface area contributed by atoms with E-state index < -0.39 is 5.91 Å². The van der Waals surface area contributed by atoms with Gasteiger partial charge < -0.3 is 15.7 Å². The molecule has 0 fully saturated rings. The van der Waals surface area contributed by atoms with Crippen LogP contribution in [0.3, 0.4) is 0 Å². The van der Waals surface area contributed by atoms with Gasteiger partial charge in [0, 0.05) is 39.1 Å². The van der Waals surface area contributed by atoms with Gasteiger partial charge >= 0.3 is 0 Å². The van der Waals surface area contributed by atoms with Crippen molar-refractivity contribution in [1.82, 2.24) is 10.6 Å². The largest absolute Gasteiger partial charge is 0.396 e. The topological polar surface area (TPSA) is 78.4 Å². The summed E-state index contributed by atoms with van der Waals surface area (Å²) >= 11 is 7.47. The molecule has 2 rings (SSSR count). The van der Waals surface area contributed by atoms with Crippen molar-refractivity contribution in [2.45, 2.75) is 13.3 Å². The van der Waals surface area contributed by atoms with Crippen molar-refractivity contribution in [1.29, 1.82) is 0 Å². The standard InChI is InChI=1S/C22H23ClN2O3S/c1-3-18(15(2)23)20-11-10-17(29-20)14-19(22(28)24-12-7-13-26)25-21(27)16-8-5-4-6-9-16/h3-6,8-11,14,26H,2,7,12-13H2,1H3,(H,24,28)(H,25,27). The molecule has 152 valence electrons. The van der Waals surface area contributed by atoms with Crippen LogP contribution in [0.1, 0.15) is 33.5 Å². The average molecular weight is 431 g/mol. The summed E-state index contributed by atoms with van der Waals surface area (Å²) in [6, 6.07) is 12.4. The molecule has 2 amide bonds. The maximum Gasteiger partial charge on any atom is 0.267 e. The number of hydrogen-bond acceptors (Lipinski definition) is 4. The zero-order chi connectivity index (χ0) is 21.2. The monoisotopic (exact) mass is 430 g/mol. The first-order chi connectivity index (χ1) is 14.0. The Balaban J connectivity index is 2.29. The van der Waals surface area contributed by atoms with Crippen LogP contribution in [0.15, 0.2) is 65.8 Å². The van der Waals surface area contributed by atoms with E-state index in [4.69, 9.17) is 16.7 Å². The van der Waals surface area contributed by atoms with E-state index in [0.717, 1.165) is 15.3 Å². The van der Waals surface area contributed by atoms with Crippen LogP contribution in [0.25, 0.3) is 11.6 Å². The number of nitrogens with one attached hydrogen (secondary N) is 2. The van der Waals surface area contributed by atoms with Crippen molar-refractivity contribution in [3.05, 3.63) is 81.2 Å². The first-order valence-corrected chi connectivity index (χ1v) is 10.2. The van der Waals surface area contributed by atoms with Gasteiger partial charge in [-0.1, -0.05) is 42.5 Å². The molecule has 2 aromatic rings. The Labute approximate surface area is 179 Å². The molecule has 0 atom stereocenters. The van der Waals surface area contributed by atoms with E-state index in [1.807, 2.05) is 31.2 Å². The fourth-order valence-corrected chi connectivity index (χ4v) is 3.79. The molecule has 1 aromatic heterocycles. The van der Waals surface area contributed by atoms with Crippen LogP contribution in [0, 0.1) is 0 Å². The molecular weight excluding hydrogens is 408 g/mol. The van der Waals surface area contributed by atoms with Crippen molar-refractivity contribution in [3.63, 3.8) is 0 Å². The smallest absolute Gasteiger partial charge is 0.267 e. The number of allylic oxidation sites excluding steroid dienone is 3. The van der Waals surface area contributed by atoms with Gasteiger partial charge in [-0.3, -0.25) is 9.59 Å². The second-order valence-corrected chi connectivity index (χ2v) is 7.59. The van der Waals surface area contributed by atoms with E-state index in [1.165, 1.54) is 11.3 Å². The normalized spacial score (nSPS) is 11.8. The number of halogens is 1. The third kappa shape index (κ3) is 6.71. The predicted molar refractivity (Wildman–Crippen MR) is 120 cm³/mol. The molecule has 0 unspecified atom stereocenters. The Morgan fingerprint density at radius 3 is 2.55 bits per heavy atom. The number of benzene rings is 1. The van der Waals surface area contributed by atoms with Gasteiger partial charge in [0.2, 0.25) is 0 Å². The Bertz CT molecular complexity index is 933. The molecule has 0 aliphatic carbocycles. The molecule has 3 N–H and O–H groups in total. The molecule has 0 aliphatic heterocycles. The van der Waals surface area contributed by atoms with Crippen LogP contribution >= 0.6 is 22.9 Å². The number of hydrogen-bond donors (Lipinski definition) is 3. The minimum atomic E-state index is -0.425. The molecular formula is C22H23ClN2O3S. The van der Waals surface area contributed by atoms with Gasteiger partial charge in [-0.15, -0.1) is 11.3 Å². The number of rotatable bonds is 9. The van der Waals surface area contributed by atoms with Gasteiger partial charge in [0.05, 0.1) is 0 Å². The summed E-state index contributed by atoms with van der Waals surface area (Å²) in [7, 11) is 0. The van der Waals surface area contributed by atoms with Crippen molar-refractivity contribution in [2.75, 3.05) is 13.2 Å². The highest BCUT2D eigenvalue weighted by atomic mass is 35.5. The molecule has 0 spiro atoms. The van der Waals surface area contributed by atoms with Crippen LogP contribution in [0.4, 0.5) is 0 Å². The summed E-state index contributed by atoms with van der Waals surface area (Å²) in [5.74, 6) is -0.806. The predicted octanol–water partition coefficient (Wildman–Crippen LogP) is 4.17. The van der Waals surface area contributed by atoms with Gasteiger partial charge in [-0.2, -0.15) is 0 Å². The van der Waals surface area contributed by atoms with E-state index >= 15 is 0 Å². The highest BCUT2D eigenvalue weighted by molar-refractivity contribution is 7.14. The van der Waals surface area contributed by atoms with Gasteiger partial charge in [-0.05, 0) is 43.7 Å². The summed E-state index contributed by atoms with van der Waals surface area (Å²) in [6.07, 6.45) is 3.92. The van der Waals surface area contributed by atoms with E-state index in [1.54, 1.807) is 30.3 Å². The molecule has 0 saturated heterocycles. The number of carbonyl (C=O) groups is 2. The van der Waals surface area contributed by atoms with E-state index in [-0.39, 0.29) is 18.2 Å². The zero-order valence-corrected chi connectivity index (χ0v) is 17.6.